The number of ether oxygens (including phenoxy) is 1. The van der Waals surface area contributed by atoms with Gasteiger partial charge in [-0.25, -0.2) is 13.2 Å². The third-order valence-electron chi connectivity index (χ3n) is 3.30. The van der Waals surface area contributed by atoms with E-state index < -0.39 is 21.5 Å². The van der Waals surface area contributed by atoms with Crippen LogP contribution in [0.3, 0.4) is 0 Å². The maximum Gasteiger partial charge on any atom is 1.00 e. The number of cyclic esters (lactones) is 1. The minimum Gasteiger partial charge on any atom is -0.745 e. The first-order valence-corrected chi connectivity index (χ1v) is 12.9. The predicted octanol–water partition coefficient (Wildman–Crippen LogP) is 4.46. The summed E-state index contributed by atoms with van der Waals surface area (Å²) in [5, 5.41) is 9.46. The molecule has 0 saturated heterocycles. The third-order valence-corrected chi connectivity index (χ3v) is 10.7. The molecule has 0 aromatic heterocycles. The van der Waals surface area contributed by atoms with Crippen molar-refractivity contribution in [3.8, 4) is 5.75 Å². The first-order valence-electron chi connectivity index (χ1n) is 6.73. The number of carbonyl (C=O) groups excluding carboxylic acids is 1. The van der Waals surface area contributed by atoms with Crippen molar-refractivity contribution in [3.05, 3.63) is 55.2 Å². The molecular weight excluding hydrogens is 765 g/mol. The van der Waals surface area contributed by atoms with Crippen molar-refractivity contribution < 1.29 is 46.5 Å². The summed E-state index contributed by atoms with van der Waals surface area (Å²) in [7, 11) is -4.80. The second kappa shape index (κ2) is 11.1. The van der Waals surface area contributed by atoms with Crippen LogP contribution in [0.5, 0.6) is 5.75 Å². The van der Waals surface area contributed by atoms with Crippen LogP contribution in [0, 0.1) is 0 Å². The van der Waals surface area contributed by atoms with Gasteiger partial charge in [-0.05, 0) is 63.7 Å². The van der Waals surface area contributed by atoms with Crippen LogP contribution in [-0.2, 0) is 14.9 Å². The number of benzene rings is 2. The van der Waals surface area contributed by atoms with Crippen LogP contribution in [0.2, 0.25) is 20.1 Å². The molecule has 0 amide bonds. The summed E-state index contributed by atoms with van der Waals surface area (Å²) in [6.07, 6.45) is 0. The van der Waals surface area contributed by atoms with Crippen molar-refractivity contribution in [2.75, 3.05) is 0 Å². The second-order valence-electron chi connectivity index (χ2n) is 5.09. The number of carbonyl (C=O) groups is 1. The van der Waals surface area contributed by atoms with Crippen LogP contribution >= 0.6 is 110 Å². The largest absolute Gasteiger partial charge is 1.00 e. The number of phenols is 1. The van der Waals surface area contributed by atoms with E-state index in [-0.39, 0.29) is 60.3 Å². The van der Waals surface area contributed by atoms with Crippen LogP contribution in [0.25, 0.3) is 0 Å². The maximum absolute atomic E-state index is 11.6. The van der Waals surface area contributed by atoms with Gasteiger partial charge in [-0.3, -0.25) is 0 Å². The molecule has 0 spiro atoms. The standard InChI is InChI=1S/C8H2Br4O5S.C6H2Cl4O.Li/c9-3-1-2(4(10)6(12)5(3)11)8(17-7(1)13)18(14,15)16;7-2-1-3(11)5(9)6(10)4(2)8;/h8H,(H,14,15,16);1,11H;/q;;+1/p-1. The Morgan fingerprint density at radius 2 is 1.43 bits per heavy atom. The summed E-state index contributed by atoms with van der Waals surface area (Å²) >= 11 is 35.0. The van der Waals surface area contributed by atoms with Crippen molar-refractivity contribution >= 4 is 126 Å². The SMILES string of the molecule is O=C1OC(S(=O)(=O)[O-])c2c(Br)c(Br)c(Br)c(Br)c21.Oc1cc(Cl)c(Cl)c(Cl)c1Cl.[Li+]. The van der Waals surface area contributed by atoms with Gasteiger partial charge in [0.2, 0.25) is 5.44 Å². The van der Waals surface area contributed by atoms with E-state index in [0.29, 0.717) is 13.4 Å². The minimum absolute atomic E-state index is 0. The van der Waals surface area contributed by atoms with Crippen molar-refractivity contribution in [3.63, 3.8) is 0 Å². The molecule has 2 aromatic rings. The van der Waals surface area contributed by atoms with Gasteiger partial charge in [-0.15, -0.1) is 0 Å². The molecule has 30 heavy (non-hydrogen) atoms. The zero-order valence-corrected chi connectivity index (χ0v) is 24.3. The van der Waals surface area contributed by atoms with Crippen LogP contribution in [-0.4, -0.2) is 24.0 Å². The Labute approximate surface area is 236 Å². The minimum atomic E-state index is -4.80. The summed E-state index contributed by atoms with van der Waals surface area (Å²) in [5.74, 6) is -1.04. The third kappa shape index (κ3) is 5.86. The van der Waals surface area contributed by atoms with E-state index in [4.69, 9.17) is 51.5 Å². The molecule has 2 aromatic carbocycles. The van der Waals surface area contributed by atoms with Crippen molar-refractivity contribution in [1.82, 2.24) is 0 Å². The second-order valence-corrected chi connectivity index (χ2v) is 11.2. The number of hydrogen-bond acceptors (Lipinski definition) is 6. The van der Waals surface area contributed by atoms with Crippen LogP contribution in [0.1, 0.15) is 21.4 Å². The fourth-order valence-electron chi connectivity index (χ4n) is 2.05. The van der Waals surface area contributed by atoms with Gasteiger partial charge in [0.05, 0.1) is 20.6 Å². The molecule has 1 aliphatic rings. The summed E-state index contributed by atoms with van der Waals surface area (Å²) in [6, 6.07) is 1.23. The van der Waals surface area contributed by atoms with E-state index in [1.807, 2.05) is 0 Å². The Bertz CT molecular complexity index is 1120. The first kappa shape index (κ1) is 29.3. The molecule has 1 heterocycles. The molecule has 1 atom stereocenters. The first-order chi connectivity index (χ1) is 13.2. The number of rotatable bonds is 1. The molecule has 16 heteroatoms. The molecule has 0 saturated carbocycles. The Kier molecular flexibility index (Phi) is 10.9. The van der Waals surface area contributed by atoms with Crippen molar-refractivity contribution in [1.29, 1.82) is 0 Å². The van der Waals surface area contributed by atoms with Gasteiger partial charge in [0.1, 0.15) is 20.9 Å². The van der Waals surface area contributed by atoms with Crippen molar-refractivity contribution in [2.24, 2.45) is 0 Å². The van der Waals surface area contributed by atoms with E-state index in [2.05, 4.69) is 68.5 Å². The summed E-state index contributed by atoms with van der Waals surface area (Å²) in [4.78, 5) is 11.6. The zero-order valence-electron chi connectivity index (χ0n) is 14.1. The van der Waals surface area contributed by atoms with E-state index in [1.54, 1.807) is 0 Å². The van der Waals surface area contributed by atoms with Crippen LogP contribution < -0.4 is 18.9 Å². The Hall–Kier alpha value is 1.30. The van der Waals surface area contributed by atoms with Gasteiger partial charge < -0.3 is 14.4 Å². The molecule has 6 nitrogen and oxygen atoms in total. The molecule has 0 fully saturated rings. The van der Waals surface area contributed by atoms with Crippen LogP contribution in [0.15, 0.2) is 24.0 Å². The van der Waals surface area contributed by atoms with Crippen LogP contribution in [0.4, 0.5) is 0 Å². The summed E-state index contributed by atoms with van der Waals surface area (Å²) in [6.45, 7) is 0. The molecule has 0 aliphatic carbocycles. The number of fused-ring (bicyclic) bond motifs is 1. The molecule has 1 unspecified atom stereocenters. The average molecular weight is 768 g/mol. The van der Waals surface area contributed by atoms with Crippen molar-refractivity contribution in [2.45, 2.75) is 5.44 Å². The molecular formula is C14H3Br4Cl4LiO6S. The molecule has 1 aliphatic heterocycles. The molecule has 3 rings (SSSR count). The maximum atomic E-state index is 11.6. The Morgan fingerprint density at radius 1 is 0.933 bits per heavy atom. The monoisotopic (exact) mass is 762 g/mol. The predicted molar refractivity (Wildman–Crippen MR) is 123 cm³/mol. The quantitative estimate of drug-likeness (QED) is 0.151. The number of esters is 1. The smallest absolute Gasteiger partial charge is 0.745 e. The molecule has 0 bridgehead atoms. The number of halogens is 8. The van der Waals surface area contributed by atoms with Gasteiger partial charge in [-0.1, -0.05) is 46.4 Å². The topological polar surface area (TPSA) is 104 Å². The fourth-order valence-corrected chi connectivity index (χ4v) is 6.24. The van der Waals surface area contributed by atoms with Gasteiger partial charge >= 0.3 is 24.8 Å². The van der Waals surface area contributed by atoms with E-state index in [0.717, 1.165) is 0 Å². The van der Waals surface area contributed by atoms with Gasteiger partial charge in [0, 0.05) is 29.5 Å². The zero-order chi connectivity index (χ0) is 22.4. The summed E-state index contributed by atoms with van der Waals surface area (Å²) in [5.41, 5.74) is -1.83. The van der Waals surface area contributed by atoms with E-state index in [1.165, 1.54) is 6.07 Å². The molecule has 1 N–H and O–H groups in total. The van der Waals surface area contributed by atoms with E-state index >= 15 is 0 Å². The average Bonchev–Trinajstić information content (AvgIpc) is 2.99. The number of phenolic OH excluding ortho intramolecular Hbond substituents is 1. The van der Waals surface area contributed by atoms with Gasteiger partial charge in [0.25, 0.3) is 0 Å². The van der Waals surface area contributed by atoms with Gasteiger partial charge in [-0.2, -0.15) is 0 Å². The Morgan fingerprint density at radius 3 is 1.93 bits per heavy atom. The van der Waals surface area contributed by atoms with Gasteiger partial charge in [0.15, 0.2) is 0 Å². The molecule has 0 radical (unpaired) electrons. The normalized spacial score (nSPS) is 15.0. The fraction of sp³-hybridized carbons (Fsp3) is 0.0714. The molecule has 158 valence electrons. The van der Waals surface area contributed by atoms with E-state index in [9.17, 15) is 17.8 Å². The Balaban J connectivity index is 0.000000324. The summed E-state index contributed by atoms with van der Waals surface area (Å²) < 4.78 is 39.5. The number of aromatic hydroxyl groups is 1. The number of hydrogen-bond donors (Lipinski definition) is 1.